The second kappa shape index (κ2) is 13.2. The molecule has 2 aliphatic heterocycles. The zero-order valence-corrected chi connectivity index (χ0v) is 29.3. The maximum Gasteiger partial charge on any atom is 0.573 e. The molecule has 12 nitrogen and oxygen atoms in total. The first-order valence-electron chi connectivity index (χ1n) is 17.2. The van der Waals surface area contributed by atoms with Gasteiger partial charge in [0.05, 0.1) is 39.5 Å². The number of rotatable bonds is 7. The number of halogens is 5. The minimum Gasteiger partial charge on any atom is -0.508 e. The molecule has 17 heteroatoms. The molecule has 2 N–H and O–H groups in total. The van der Waals surface area contributed by atoms with Gasteiger partial charge in [0.25, 0.3) is 17.5 Å². The summed E-state index contributed by atoms with van der Waals surface area (Å²) in [6.07, 6.45) is -3.80. The molecule has 2 aliphatic carbocycles. The Labute approximate surface area is 319 Å². The average Bonchev–Trinajstić information content (AvgIpc) is 3.53. The summed E-state index contributed by atoms with van der Waals surface area (Å²) in [5.74, 6) is -10.7. The molecule has 0 radical (unpaired) electrons. The number of imide groups is 2. The number of carbonyl (C=O) groups excluding carboxylic acids is 4. The molecule has 3 fully saturated rings. The van der Waals surface area contributed by atoms with Gasteiger partial charge in [0.1, 0.15) is 17.3 Å². The summed E-state index contributed by atoms with van der Waals surface area (Å²) < 4.78 is 58.9. The molecule has 8 rings (SSSR count). The van der Waals surface area contributed by atoms with Crippen LogP contribution < -0.4 is 15.1 Å². The smallest absolute Gasteiger partial charge is 0.508 e. The summed E-state index contributed by atoms with van der Waals surface area (Å²) in [5, 5.41) is 23.8. The zero-order valence-electron chi connectivity index (χ0n) is 28.6. The van der Waals surface area contributed by atoms with Crippen LogP contribution in [0.3, 0.4) is 0 Å². The molecule has 0 spiro atoms. The molecule has 286 valence electrons. The third-order valence-electron chi connectivity index (χ3n) is 11.1. The second-order valence-electron chi connectivity index (χ2n) is 13.9. The quantitative estimate of drug-likeness (QED) is 0.0650. The molecule has 4 aromatic rings. The minimum absolute atomic E-state index is 0.0679. The van der Waals surface area contributed by atoms with Gasteiger partial charge in [-0.3, -0.25) is 39.6 Å². The fraction of sp³-hybridized carbons (Fsp3) is 0.231. The van der Waals surface area contributed by atoms with Crippen molar-refractivity contribution in [1.82, 2.24) is 5.01 Å². The van der Waals surface area contributed by atoms with Crippen LogP contribution in [0.5, 0.6) is 11.5 Å². The number of nitrogens with zero attached hydrogens (tertiary/aromatic N) is 3. The number of hydrogen-bond acceptors (Lipinski definition) is 9. The first-order valence-corrected chi connectivity index (χ1v) is 17.6. The molecule has 4 aliphatic rings. The van der Waals surface area contributed by atoms with E-state index < -0.39 is 87.2 Å². The Bertz CT molecular complexity index is 2360. The van der Waals surface area contributed by atoms with Gasteiger partial charge < -0.3 is 9.84 Å². The van der Waals surface area contributed by atoms with Gasteiger partial charge in [-0.05, 0) is 91.1 Å². The van der Waals surface area contributed by atoms with E-state index in [1.165, 1.54) is 48.5 Å². The summed E-state index contributed by atoms with van der Waals surface area (Å²) >= 11 is 6.27. The van der Waals surface area contributed by atoms with E-state index in [0.29, 0.717) is 5.57 Å². The number of alkyl halides is 3. The molecular formula is C39H27ClF4N4O8. The van der Waals surface area contributed by atoms with Crippen LogP contribution in [0, 0.1) is 39.6 Å². The van der Waals surface area contributed by atoms with Crippen molar-refractivity contribution >= 4 is 52.3 Å². The maximum atomic E-state index is 15.2. The molecule has 2 saturated heterocycles. The predicted octanol–water partition coefficient (Wildman–Crippen LogP) is 7.18. The van der Waals surface area contributed by atoms with Gasteiger partial charge in [-0.2, -0.15) is 5.01 Å². The highest BCUT2D eigenvalue weighted by atomic mass is 35.5. The highest BCUT2D eigenvalue weighted by Crippen LogP contribution is 2.65. The molecular weight excluding hydrogens is 764 g/mol. The molecule has 0 aromatic heterocycles. The van der Waals surface area contributed by atoms with E-state index in [9.17, 15) is 47.2 Å². The summed E-state index contributed by atoms with van der Waals surface area (Å²) in [7, 11) is 0. The van der Waals surface area contributed by atoms with Gasteiger partial charge in [-0.25, -0.2) is 4.39 Å². The van der Waals surface area contributed by atoms with Crippen LogP contribution >= 0.6 is 11.6 Å². The second-order valence-corrected chi connectivity index (χ2v) is 14.4. The largest absolute Gasteiger partial charge is 0.573 e. The molecule has 6 atom stereocenters. The zero-order chi connectivity index (χ0) is 39.8. The number of amides is 4. The Morgan fingerprint density at radius 1 is 0.893 bits per heavy atom. The number of nitrogens with one attached hydrogen (secondary N) is 1. The van der Waals surface area contributed by atoms with Crippen molar-refractivity contribution in [3.63, 3.8) is 0 Å². The average molecular weight is 791 g/mol. The lowest BCUT2D eigenvalue weighted by Crippen LogP contribution is -2.53. The predicted molar refractivity (Wildman–Crippen MR) is 189 cm³/mol. The van der Waals surface area contributed by atoms with E-state index in [2.05, 4.69) is 10.2 Å². The highest BCUT2D eigenvalue weighted by Gasteiger charge is 2.70. The third kappa shape index (κ3) is 5.74. The molecule has 6 unspecified atom stereocenters. The Morgan fingerprint density at radius 2 is 1.57 bits per heavy atom. The molecule has 4 aromatic carbocycles. The maximum absolute atomic E-state index is 15.2. The van der Waals surface area contributed by atoms with E-state index >= 15 is 4.79 Å². The number of nitro benzene ring substituents is 1. The number of phenols is 1. The standard InChI is InChI=1S/C39H27ClF4N4O8/c40-20-3-1-19(2-4-20)38-30(35(51)47(37(38)53)45-22-7-5-21(41)6-8-22)18-28-26(33(38)29-17-25(13-16-31(29)49)56-39(42,43)44)14-15-27-32(28)36(52)46(34(27)50)23-9-11-24(12-10-23)48(54)55/h1-14,16-17,27-28,30,32-33,45,49H,15,18H2. The van der Waals surface area contributed by atoms with Crippen LogP contribution in [0.4, 0.5) is 34.6 Å². The third-order valence-corrected chi connectivity index (χ3v) is 11.4. The van der Waals surface area contributed by atoms with Crippen molar-refractivity contribution in [3.8, 4) is 11.5 Å². The van der Waals surface area contributed by atoms with Crippen LogP contribution in [0.2, 0.25) is 5.02 Å². The molecule has 4 amide bonds. The number of ether oxygens (including phenoxy) is 1. The summed E-state index contributed by atoms with van der Waals surface area (Å²) in [6.45, 7) is 0. The number of hydrazine groups is 1. The monoisotopic (exact) mass is 790 g/mol. The van der Waals surface area contributed by atoms with Crippen molar-refractivity contribution in [1.29, 1.82) is 0 Å². The number of carbonyl (C=O) groups is 4. The number of nitro groups is 1. The number of benzene rings is 4. The number of fused-ring (bicyclic) bond motifs is 4. The Morgan fingerprint density at radius 3 is 2.21 bits per heavy atom. The SMILES string of the molecule is O=C1C2CC3C(=CCC4C(=O)N(c5ccc([N+](=O)[O-])cc5)C(=O)C43)C(c3cc(OC(F)(F)F)ccc3O)C2(c2ccc(Cl)cc2)C(=O)N1Nc1ccc(F)cc1. The molecule has 56 heavy (non-hydrogen) atoms. The Balaban J connectivity index is 1.33. The number of phenolic OH excluding ortho intramolecular Hbond substituents is 1. The van der Waals surface area contributed by atoms with Crippen molar-refractivity contribution in [2.45, 2.75) is 30.5 Å². The summed E-state index contributed by atoms with van der Waals surface area (Å²) in [5.41, 5.74) is 0.990. The van der Waals surface area contributed by atoms with Crippen molar-refractivity contribution in [3.05, 3.63) is 135 Å². The first kappa shape index (κ1) is 36.7. The lowest BCUT2D eigenvalue weighted by atomic mass is 9.49. The highest BCUT2D eigenvalue weighted by molar-refractivity contribution is 6.30. The minimum atomic E-state index is -5.15. The van der Waals surface area contributed by atoms with Crippen LogP contribution in [-0.2, 0) is 24.6 Å². The van der Waals surface area contributed by atoms with E-state index in [-0.39, 0.29) is 46.1 Å². The van der Waals surface area contributed by atoms with Gasteiger partial charge >= 0.3 is 6.36 Å². The van der Waals surface area contributed by atoms with E-state index in [1.807, 2.05) is 0 Å². The number of aromatic hydroxyl groups is 1. The topological polar surface area (TPSA) is 159 Å². The normalized spacial score (nSPS) is 25.7. The number of hydrogen-bond donors (Lipinski definition) is 2. The number of anilines is 2. The number of non-ortho nitro benzene ring substituents is 1. The van der Waals surface area contributed by atoms with Gasteiger partial charge in [-0.15, -0.1) is 13.2 Å². The van der Waals surface area contributed by atoms with E-state index in [4.69, 9.17) is 11.6 Å². The first-order chi connectivity index (χ1) is 26.6. The van der Waals surface area contributed by atoms with Gasteiger partial charge in [0.2, 0.25) is 11.8 Å². The summed E-state index contributed by atoms with van der Waals surface area (Å²) in [6, 6.07) is 18.3. The Kier molecular flexibility index (Phi) is 8.63. The molecule has 1 saturated carbocycles. The van der Waals surface area contributed by atoms with Crippen molar-refractivity contribution in [2.75, 3.05) is 10.3 Å². The van der Waals surface area contributed by atoms with Gasteiger partial charge in [0, 0.05) is 28.6 Å². The van der Waals surface area contributed by atoms with Crippen molar-refractivity contribution < 1.29 is 51.5 Å². The summed E-state index contributed by atoms with van der Waals surface area (Å²) in [4.78, 5) is 69.9. The van der Waals surface area contributed by atoms with Crippen LogP contribution in [0.15, 0.2) is 103 Å². The molecule has 0 bridgehead atoms. The fourth-order valence-electron chi connectivity index (χ4n) is 8.94. The van der Waals surface area contributed by atoms with Crippen LogP contribution in [0.25, 0.3) is 0 Å². The van der Waals surface area contributed by atoms with E-state index in [1.54, 1.807) is 6.08 Å². The molecule has 2 heterocycles. The van der Waals surface area contributed by atoms with Crippen molar-refractivity contribution in [2.24, 2.45) is 23.7 Å². The lowest BCUT2D eigenvalue weighted by molar-refractivity contribution is -0.384. The van der Waals surface area contributed by atoms with Crippen LogP contribution in [0.1, 0.15) is 29.9 Å². The number of allylic oxidation sites excluding steroid dienone is 2. The fourth-order valence-corrected chi connectivity index (χ4v) is 9.06. The Hall–Kier alpha value is -6.29. The van der Waals surface area contributed by atoms with E-state index in [0.717, 1.165) is 52.4 Å². The van der Waals surface area contributed by atoms with Crippen LogP contribution in [-0.4, -0.2) is 45.0 Å². The van der Waals surface area contributed by atoms with Gasteiger partial charge in [0.15, 0.2) is 0 Å². The lowest BCUT2D eigenvalue weighted by Gasteiger charge is -2.50. The van der Waals surface area contributed by atoms with Gasteiger partial charge in [-0.1, -0.05) is 35.4 Å².